The van der Waals surface area contributed by atoms with Gasteiger partial charge in [0.1, 0.15) is 13.2 Å². The molecule has 0 radical (unpaired) electrons. The molecule has 0 fully saturated rings. The fourth-order valence-electron chi connectivity index (χ4n) is 7.86. The summed E-state index contributed by atoms with van der Waals surface area (Å²) in [5.74, 6) is -0.894. The molecule has 0 aromatic rings. The third-order valence-electron chi connectivity index (χ3n) is 12.1. The summed E-state index contributed by atoms with van der Waals surface area (Å²) in [6, 6.07) is 0. The molecule has 0 aromatic heterocycles. The minimum Gasteiger partial charge on any atom is -0.462 e. The summed E-state index contributed by atoms with van der Waals surface area (Å²) >= 11 is 0. The van der Waals surface area contributed by atoms with E-state index in [1.165, 1.54) is 154 Å². The molecule has 0 heterocycles. The highest BCUT2D eigenvalue weighted by molar-refractivity contribution is 5.71. The first kappa shape index (κ1) is 61.4. The number of rotatable bonds is 50. The standard InChI is InChI=1S/C58H104O6/c1-4-7-10-13-16-19-21-23-25-27-28-29-30-31-33-34-36-39-42-45-48-51-57(60)63-54-55(53-62-56(59)50-47-44-41-38-18-15-12-9-6-3)64-58(61)52-49-46-43-40-37-35-32-26-24-22-20-17-14-11-8-5-2/h21,23,26-28,30-32,55H,4-20,22,24-25,29,33-54H2,1-3H3/b23-21-,28-27-,31-30-,32-26-. The quantitative estimate of drug-likeness (QED) is 0.0262. The highest BCUT2D eigenvalue weighted by atomic mass is 16.6. The lowest BCUT2D eigenvalue weighted by Crippen LogP contribution is -2.30. The van der Waals surface area contributed by atoms with Gasteiger partial charge in [-0.25, -0.2) is 0 Å². The van der Waals surface area contributed by atoms with E-state index in [-0.39, 0.29) is 31.1 Å². The number of carbonyl (C=O) groups is 3. The lowest BCUT2D eigenvalue weighted by atomic mass is 10.1. The summed E-state index contributed by atoms with van der Waals surface area (Å²) in [7, 11) is 0. The Labute approximate surface area is 397 Å². The van der Waals surface area contributed by atoms with E-state index < -0.39 is 6.10 Å². The second kappa shape index (κ2) is 53.0. The molecule has 0 spiro atoms. The van der Waals surface area contributed by atoms with E-state index >= 15 is 0 Å². The van der Waals surface area contributed by atoms with Crippen LogP contribution in [0.15, 0.2) is 48.6 Å². The molecule has 6 nitrogen and oxygen atoms in total. The van der Waals surface area contributed by atoms with Crippen molar-refractivity contribution in [3.63, 3.8) is 0 Å². The Morgan fingerprint density at radius 1 is 0.312 bits per heavy atom. The smallest absolute Gasteiger partial charge is 0.306 e. The van der Waals surface area contributed by atoms with Crippen LogP contribution >= 0.6 is 0 Å². The Hall–Kier alpha value is -2.63. The van der Waals surface area contributed by atoms with Crippen molar-refractivity contribution in [2.24, 2.45) is 0 Å². The number of hydrogen-bond donors (Lipinski definition) is 0. The molecular weight excluding hydrogens is 793 g/mol. The van der Waals surface area contributed by atoms with E-state index in [2.05, 4.69) is 69.4 Å². The van der Waals surface area contributed by atoms with Crippen LogP contribution in [0.2, 0.25) is 0 Å². The van der Waals surface area contributed by atoms with Crippen LogP contribution < -0.4 is 0 Å². The van der Waals surface area contributed by atoms with Crippen LogP contribution in [-0.4, -0.2) is 37.2 Å². The lowest BCUT2D eigenvalue weighted by molar-refractivity contribution is -0.167. The fourth-order valence-corrected chi connectivity index (χ4v) is 7.86. The van der Waals surface area contributed by atoms with Gasteiger partial charge >= 0.3 is 17.9 Å². The van der Waals surface area contributed by atoms with Gasteiger partial charge < -0.3 is 14.2 Å². The summed E-state index contributed by atoms with van der Waals surface area (Å²) in [4.78, 5) is 38.0. The highest BCUT2D eigenvalue weighted by Crippen LogP contribution is 2.15. The third-order valence-corrected chi connectivity index (χ3v) is 12.1. The van der Waals surface area contributed by atoms with Crippen molar-refractivity contribution < 1.29 is 28.6 Å². The van der Waals surface area contributed by atoms with Gasteiger partial charge in [0.05, 0.1) is 0 Å². The molecule has 372 valence electrons. The first-order valence-corrected chi connectivity index (χ1v) is 27.6. The number of carbonyl (C=O) groups excluding carboxylic acids is 3. The molecule has 0 aliphatic rings. The largest absolute Gasteiger partial charge is 0.462 e. The minimum absolute atomic E-state index is 0.0788. The van der Waals surface area contributed by atoms with E-state index in [1.807, 2.05) is 0 Å². The maximum absolute atomic E-state index is 12.8. The van der Waals surface area contributed by atoms with E-state index in [0.29, 0.717) is 19.3 Å². The first-order valence-electron chi connectivity index (χ1n) is 27.6. The van der Waals surface area contributed by atoms with Gasteiger partial charge in [-0.05, 0) is 83.5 Å². The van der Waals surface area contributed by atoms with Gasteiger partial charge in [0.25, 0.3) is 0 Å². The molecule has 0 rings (SSSR count). The fraction of sp³-hybridized carbons (Fsp3) is 0.810. The van der Waals surface area contributed by atoms with Gasteiger partial charge in [-0.2, -0.15) is 0 Å². The second-order valence-electron chi connectivity index (χ2n) is 18.5. The van der Waals surface area contributed by atoms with Crippen LogP contribution in [0.3, 0.4) is 0 Å². The Balaban J connectivity index is 4.31. The van der Waals surface area contributed by atoms with Crippen molar-refractivity contribution in [2.75, 3.05) is 13.2 Å². The maximum atomic E-state index is 12.8. The lowest BCUT2D eigenvalue weighted by Gasteiger charge is -2.18. The number of unbranched alkanes of at least 4 members (excludes halogenated alkanes) is 31. The number of hydrogen-bond acceptors (Lipinski definition) is 6. The van der Waals surface area contributed by atoms with Crippen molar-refractivity contribution in [2.45, 2.75) is 290 Å². The summed E-state index contributed by atoms with van der Waals surface area (Å²) in [6.45, 7) is 6.61. The zero-order valence-electron chi connectivity index (χ0n) is 42.6. The summed E-state index contributed by atoms with van der Waals surface area (Å²) < 4.78 is 16.8. The monoisotopic (exact) mass is 897 g/mol. The number of ether oxygens (including phenoxy) is 3. The summed E-state index contributed by atoms with van der Waals surface area (Å²) in [5, 5.41) is 0. The molecule has 0 N–H and O–H groups in total. The molecule has 0 saturated carbocycles. The molecule has 1 atom stereocenters. The Morgan fingerprint density at radius 2 is 0.562 bits per heavy atom. The van der Waals surface area contributed by atoms with Crippen LogP contribution in [0.4, 0.5) is 0 Å². The maximum Gasteiger partial charge on any atom is 0.306 e. The van der Waals surface area contributed by atoms with Crippen molar-refractivity contribution in [3.8, 4) is 0 Å². The normalized spacial score (nSPS) is 12.4. The molecule has 1 unspecified atom stereocenters. The van der Waals surface area contributed by atoms with Crippen LogP contribution in [0.1, 0.15) is 284 Å². The van der Waals surface area contributed by atoms with Crippen molar-refractivity contribution >= 4 is 17.9 Å². The van der Waals surface area contributed by atoms with Gasteiger partial charge in [0.15, 0.2) is 6.10 Å². The van der Waals surface area contributed by atoms with Gasteiger partial charge in [-0.3, -0.25) is 14.4 Å². The number of allylic oxidation sites excluding steroid dienone is 8. The van der Waals surface area contributed by atoms with Crippen LogP contribution in [0.5, 0.6) is 0 Å². The SMILES string of the molecule is CCCCCCC/C=C\C/C=C\C/C=C\CCCCCCCCC(=O)OCC(COC(=O)CCCCCCCCCCC)OC(=O)CCCCCCC/C=C\CCCCCCCCC. The second-order valence-corrected chi connectivity index (χ2v) is 18.5. The Kier molecular flexibility index (Phi) is 50.8. The molecule has 0 aliphatic carbocycles. The molecule has 64 heavy (non-hydrogen) atoms. The van der Waals surface area contributed by atoms with Gasteiger partial charge in [-0.1, -0.05) is 230 Å². The van der Waals surface area contributed by atoms with E-state index in [4.69, 9.17) is 14.2 Å². The molecule has 0 bridgehead atoms. The Morgan fingerprint density at radius 3 is 0.891 bits per heavy atom. The van der Waals surface area contributed by atoms with Gasteiger partial charge in [0.2, 0.25) is 0 Å². The van der Waals surface area contributed by atoms with Crippen LogP contribution in [0.25, 0.3) is 0 Å². The van der Waals surface area contributed by atoms with E-state index in [1.54, 1.807) is 0 Å². The van der Waals surface area contributed by atoms with Crippen LogP contribution in [0, 0.1) is 0 Å². The highest BCUT2D eigenvalue weighted by Gasteiger charge is 2.19. The van der Waals surface area contributed by atoms with Gasteiger partial charge in [0, 0.05) is 19.3 Å². The van der Waals surface area contributed by atoms with Gasteiger partial charge in [-0.15, -0.1) is 0 Å². The third kappa shape index (κ3) is 50.4. The zero-order chi connectivity index (χ0) is 46.5. The van der Waals surface area contributed by atoms with Crippen molar-refractivity contribution in [1.82, 2.24) is 0 Å². The molecule has 0 aliphatic heterocycles. The van der Waals surface area contributed by atoms with E-state index in [9.17, 15) is 14.4 Å². The molecular formula is C58H104O6. The molecule has 0 saturated heterocycles. The predicted molar refractivity (Wildman–Crippen MR) is 275 cm³/mol. The predicted octanol–water partition coefficient (Wildman–Crippen LogP) is 18.3. The Bertz CT molecular complexity index is 1120. The van der Waals surface area contributed by atoms with Crippen LogP contribution in [-0.2, 0) is 28.6 Å². The number of esters is 3. The topological polar surface area (TPSA) is 78.9 Å². The minimum atomic E-state index is -0.779. The molecule has 6 heteroatoms. The average molecular weight is 897 g/mol. The first-order chi connectivity index (χ1) is 31.5. The van der Waals surface area contributed by atoms with Crippen molar-refractivity contribution in [1.29, 1.82) is 0 Å². The van der Waals surface area contributed by atoms with E-state index in [0.717, 1.165) is 89.9 Å². The average Bonchev–Trinajstić information content (AvgIpc) is 3.29. The zero-order valence-corrected chi connectivity index (χ0v) is 42.6. The molecule has 0 amide bonds. The van der Waals surface area contributed by atoms with Crippen molar-refractivity contribution in [3.05, 3.63) is 48.6 Å². The summed E-state index contributed by atoms with van der Waals surface area (Å²) in [5.41, 5.74) is 0. The summed E-state index contributed by atoms with van der Waals surface area (Å²) in [6.07, 6.45) is 63.9. The molecule has 0 aromatic carbocycles.